The van der Waals surface area contributed by atoms with Crippen LogP contribution in [0, 0.1) is 6.92 Å². The van der Waals surface area contributed by atoms with E-state index in [0.29, 0.717) is 34.8 Å². The lowest BCUT2D eigenvalue weighted by atomic mass is 10.1. The van der Waals surface area contributed by atoms with Gasteiger partial charge in [-0.15, -0.1) is 0 Å². The lowest BCUT2D eigenvalue weighted by Gasteiger charge is -2.11. The van der Waals surface area contributed by atoms with E-state index in [4.69, 9.17) is 9.47 Å². The number of amides is 1. The van der Waals surface area contributed by atoms with Crippen LogP contribution in [0.4, 0.5) is 0 Å². The van der Waals surface area contributed by atoms with Crippen molar-refractivity contribution in [1.82, 2.24) is 10.4 Å². The summed E-state index contributed by atoms with van der Waals surface area (Å²) in [5.41, 5.74) is 5.08. The fourth-order valence-electron chi connectivity index (χ4n) is 2.54. The summed E-state index contributed by atoms with van der Waals surface area (Å²) in [5.74, 6) is -0.105. The summed E-state index contributed by atoms with van der Waals surface area (Å²) in [6, 6.07) is 15.3. The lowest BCUT2D eigenvalue weighted by Crippen LogP contribution is -2.17. The maximum atomic E-state index is 12.4. The van der Waals surface area contributed by atoms with E-state index in [0.717, 1.165) is 5.56 Å². The number of hydrazone groups is 1. The molecule has 7 heteroatoms. The quantitative estimate of drug-likeness (QED) is 0.281. The first-order valence-corrected chi connectivity index (χ1v) is 9.36. The molecule has 1 heterocycles. The zero-order valence-electron chi connectivity index (χ0n) is 16.7. The minimum atomic E-state index is -0.470. The van der Waals surface area contributed by atoms with Gasteiger partial charge in [-0.2, -0.15) is 5.10 Å². The Bertz CT molecular complexity index is 1050. The molecule has 0 aliphatic heterocycles. The molecule has 0 fully saturated rings. The monoisotopic (exact) mass is 403 g/mol. The van der Waals surface area contributed by atoms with Crippen LogP contribution in [-0.2, 0) is 0 Å². The first kappa shape index (κ1) is 20.7. The third-order valence-electron chi connectivity index (χ3n) is 4.08. The highest BCUT2D eigenvalue weighted by molar-refractivity contribution is 5.95. The fraction of sp³-hybridized carbons (Fsp3) is 0.130. The topological polar surface area (TPSA) is 89.9 Å². The molecule has 1 amide bonds. The highest BCUT2D eigenvalue weighted by atomic mass is 16.6. The van der Waals surface area contributed by atoms with Gasteiger partial charge in [-0.1, -0.05) is 17.7 Å². The Kier molecular flexibility index (Phi) is 6.89. The highest BCUT2D eigenvalue weighted by Gasteiger charge is 2.13. The minimum Gasteiger partial charge on any atom is -0.490 e. The van der Waals surface area contributed by atoms with Crippen molar-refractivity contribution in [1.29, 1.82) is 0 Å². The van der Waals surface area contributed by atoms with Crippen molar-refractivity contribution in [2.45, 2.75) is 13.8 Å². The van der Waals surface area contributed by atoms with Crippen molar-refractivity contribution in [3.63, 3.8) is 0 Å². The zero-order valence-corrected chi connectivity index (χ0v) is 16.7. The smallest absolute Gasteiger partial charge is 0.343 e. The second-order valence-electron chi connectivity index (χ2n) is 6.33. The summed E-state index contributed by atoms with van der Waals surface area (Å²) in [6.45, 7) is 4.18. The number of aromatic nitrogens is 1. The van der Waals surface area contributed by atoms with Gasteiger partial charge in [0.25, 0.3) is 5.91 Å². The van der Waals surface area contributed by atoms with E-state index < -0.39 is 5.97 Å². The number of nitrogens with one attached hydrogen (secondary N) is 1. The minimum absolute atomic E-state index is 0.306. The van der Waals surface area contributed by atoms with Crippen LogP contribution in [0.1, 0.15) is 38.8 Å². The first-order valence-electron chi connectivity index (χ1n) is 9.36. The van der Waals surface area contributed by atoms with Gasteiger partial charge in [-0.05, 0) is 61.9 Å². The van der Waals surface area contributed by atoms with Gasteiger partial charge in [0, 0.05) is 18.0 Å². The summed E-state index contributed by atoms with van der Waals surface area (Å²) < 4.78 is 11.1. The van der Waals surface area contributed by atoms with Crippen molar-refractivity contribution < 1.29 is 19.1 Å². The van der Waals surface area contributed by atoms with Gasteiger partial charge < -0.3 is 9.47 Å². The molecule has 2 aromatic carbocycles. The number of carbonyl (C=O) groups excluding carboxylic acids is 2. The van der Waals surface area contributed by atoms with E-state index in [2.05, 4.69) is 15.5 Å². The molecule has 0 atom stereocenters. The lowest BCUT2D eigenvalue weighted by molar-refractivity contribution is 0.0728. The fourth-order valence-corrected chi connectivity index (χ4v) is 2.54. The van der Waals surface area contributed by atoms with Crippen molar-refractivity contribution >= 4 is 18.1 Å². The van der Waals surface area contributed by atoms with E-state index in [1.807, 2.05) is 26.0 Å². The van der Waals surface area contributed by atoms with Crippen LogP contribution in [0.5, 0.6) is 11.5 Å². The Morgan fingerprint density at radius 1 is 1.00 bits per heavy atom. The van der Waals surface area contributed by atoms with E-state index in [-0.39, 0.29) is 5.91 Å². The molecule has 1 N–H and O–H groups in total. The molecule has 0 saturated heterocycles. The molecule has 0 saturated carbocycles. The Labute approximate surface area is 174 Å². The molecule has 3 aromatic rings. The number of hydrogen-bond acceptors (Lipinski definition) is 6. The molecule has 0 aliphatic carbocycles. The number of aryl methyl sites for hydroxylation is 1. The highest BCUT2D eigenvalue weighted by Crippen LogP contribution is 2.29. The molecule has 7 nitrogen and oxygen atoms in total. The predicted octanol–water partition coefficient (Wildman–Crippen LogP) is 3.77. The van der Waals surface area contributed by atoms with Crippen LogP contribution in [0.2, 0.25) is 0 Å². The largest absolute Gasteiger partial charge is 0.490 e. The molecule has 1 aromatic heterocycles. The number of ether oxygens (including phenoxy) is 2. The number of pyridine rings is 1. The van der Waals surface area contributed by atoms with E-state index in [1.54, 1.807) is 42.5 Å². The van der Waals surface area contributed by atoms with Gasteiger partial charge in [0.15, 0.2) is 11.5 Å². The number of esters is 1. The SMILES string of the molecule is CCOc1cc(/C=N/NC(=O)c2ccncc2)ccc1OC(=O)c1ccc(C)cc1. The summed E-state index contributed by atoms with van der Waals surface area (Å²) in [7, 11) is 0. The Hall–Kier alpha value is -4.00. The zero-order chi connectivity index (χ0) is 21.3. The third-order valence-corrected chi connectivity index (χ3v) is 4.08. The molecular weight excluding hydrogens is 382 g/mol. The Morgan fingerprint density at radius 3 is 2.43 bits per heavy atom. The van der Waals surface area contributed by atoms with Crippen LogP contribution in [0.25, 0.3) is 0 Å². The van der Waals surface area contributed by atoms with Gasteiger partial charge in [0.1, 0.15) is 0 Å². The van der Waals surface area contributed by atoms with Gasteiger partial charge in [-0.3, -0.25) is 9.78 Å². The Balaban J connectivity index is 1.70. The third kappa shape index (κ3) is 5.51. The summed E-state index contributed by atoms with van der Waals surface area (Å²) in [6.07, 6.45) is 4.54. The molecule has 30 heavy (non-hydrogen) atoms. The Morgan fingerprint density at radius 2 is 1.73 bits per heavy atom. The molecule has 0 radical (unpaired) electrons. The van der Waals surface area contributed by atoms with Gasteiger partial charge in [0.2, 0.25) is 0 Å². The van der Waals surface area contributed by atoms with E-state index in [1.165, 1.54) is 18.6 Å². The van der Waals surface area contributed by atoms with E-state index >= 15 is 0 Å². The number of hydrogen-bond donors (Lipinski definition) is 1. The van der Waals surface area contributed by atoms with Gasteiger partial charge in [-0.25, -0.2) is 10.2 Å². The standard InChI is InChI=1S/C23H21N3O4/c1-3-29-21-14-17(15-25-26-22(27)18-10-12-24-13-11-18)6-9-20(21)30-23(28)19-7-4-16(2)5-8-19/h4-15H,3H2,1-2H3,(H,26,27)/b25-15+. The molecule has 0 spiro atoms. The summed E-state index contributed by atoms with van der Waals surface area (Å²) in [4.78, 5) is 28.3. The van der Waals surface area contributed by atoms with Crippen LogP contribution in [-0.4, -0.2) is 29.7 Å². The van der Waals surface area contributed by atoms with Gasteiger partial charge in [0.05, 0.1) is 18.4 Å². The second-order valence-corrected chi connectivity index (χ2v) is 6.33. The van der Waals surface area contributed by atoms with Crippen molar-refractivity contribution in [3.05, 3.63) is 89.2 Å². The van der Waals surface area contributed by atoms with Gasteiger partial charge >= 0.3 is 5.97 Å². The van der Waals surface area contributed by atoms with Crippen LogP contribution < -0.4 is 14.9 Å². The van der Waals surface area contributed by atoms with Crippen molar-refractivity contribution in [2.75, 3.05) is 6.61 Å². The predicted molar refractivity (Wildman–Crippen MR) is 113 cm³/mol. The average molecular weight is 403 g/mol. The molecular formula is C23H21N3O4. The van der Waals surface area contributed by atoms with Crippen molar-refractivity contribution in [2.24, 2.45) is 5.10 Å². The van der Waals surface area contributed by atoms with Crippen molar-refractivity contribution in [3.8, 4) is 11.5 Å². The normalized spacial score (nSPS) is 10.6. The second kappa shape index (κ2) is 9.97. The summed E-state index contributed by atoms with van der Waals surface area (Å²) in [5, 5.41) is 3.96. The summed E-state index contributed by atoms with van der Waals surface area (Å²) >= 11 is 0. The molecule has 152 valence electrons. The van der Waals surface area contributed by atoms with E-state index in [9.17, 15) is 9.59 Å². The first-order chi connectivity index (χ1) is 14.6. The van der Waals surface area contributed by atoms with Crippen LogP contribution in [0.15, 0.2) is 72.1 Å². The molecule has 0 aliphatic rings. The maximum absolute atomic E-state index is 12.4. The maximum Gasteiger partial charge on any atom is 0.343 e. The number of carbonyl (C=O) groups is 2. The average Bonchev–Trinajstić information content (AvgIpc) is 2.76. The number of benzene rings is 2. The molecule has 0 unspecified atom stereocenters. The van der Waals surface area contributed by atoms with Crippen LogP contribution >= 0.6 is 0 Å². The number of nitrogens with zero attached hydrogens (tertiary/aromatic N) is 2. The molecule has 3 rings (SSSR count). The number of rotatable bonds is 7. The molecule has 0 bridgehead atoms. The van der Waals surface area contributed by atoms with Crippen LogP contribution in [0.3, 0.4) is 0 Å².